The first-order valence-electron chi connectivity index (χ1n) is 10.5. The lowest BCUT2D eigenvalue weighted by atomic mass is 9.88. The number of aliphatic imine (C=N–C) groups is 1. The van der Waals surface area contributed by atoms with Crippen LogP contribution in [0.1, 0.15) is 43.7 Å². The standard InChI is InChI=1S/C24H29N5O/c1-15-9-10-29(21-8-7-17(12-19(15)21)18(13-25)14-26-3)22-6-4-5-20-24(22)27-16(2)11-23(30)28-20/h4-8,12-16,27H,9-11,25H2,1-3H3,(H,28,30)/t15-,16+/m0/s1. The molecule has 2 heterocycles. The molecule has 2 aromatic carbocycles. The third-order valence-corrected chi connectivity index (χ3v) is 5.91. The van der Waals surface area contributed by atoms with E-state index in [1.54, 1.807) is 19.5 Å². The molecule has 2 atom stereocenters. The number of allylic oxidation sites excluding steroid dienone is 1. The number of fused-ring (bicyclic) bond motifs is 2. The molecule has 1 amide bonds. The zero-order chi connectivity index (χ0) is 21.3. The van der Waals surface area contributed by atoms with Crippen LogP contribution in [0.2, 0.25) is 0 Å². The van der Waals surface area contributed by atoms with Gasteiger partial charge in [-0.15, -0.1) is 0 Å². The highest BCUT2D eigenvalue weighted by molar-refractivity contribution is 6.09. The Hall–Kier alpha value is -3.28. The molecule has 0 bridgehead atoms. The van der Waals surface area contributed by atoms with E-state index in [4.69, 9.17) is 5.73 Å². The molecule has 6 nitrogen and oxygen atoms in total. The molecule has 2 aliphatic rings. The molecule has 2 aliphatic heterocycles. The van der Waals surface area contributed by atoms with E-state index in [1.807, 2.05) is 19.1 Å². The minimum atomic E-state index is 0.0434. The summed E-state index contributed by atoms with van der Waals surface area (Å²) in [5.41, 5.74) is 13.2. The van der Waals surface area contributed by atoms with Crippen LogP contribution in [0, 0.1) is 0 Å². The number of benzene rings is 2. The largest absolute Gasteiger partial charge is 0.404 e. The Morgan fingerprint density at radius 1 is 1.23 bits per heavy atom. The van der Waals surface area contributed by atoms with Crippen LogP contribution in [0.25, 0.3) is 5.57 Å². The van der Waals surface area contributed by atoms with Crippen LogP contribution in [0.3, 0.4) is 0 Å². The fraction of sp³-hybridized carbons (Fsp3) is 0.333. The molecule has 0 aromatic heterocycles. The molecule has 156 valence electrons. The zero-order valence-corrected chi connectivity index (χ0v) is 17.8. The summed E-state index contributed by atoms with van der Waals surface area (Å²) in [7, 11) is 1.75. The lowest BCUT2D eigenvalue weighted by molar-refractivity contribution is -0.116. The van der Waals surface area contributed by atoms with Gasteiger partial charge >= 0.3 is 0 Å². The summed E-state index contributed by atoms with van der Waals surface area (Å²) in [6.45, 7) is 5.23. The lowest BCUT2D eigenvalue weighted by Gasteiger charge is -2.36. The molecular weight excluding hydrogens is 374 g/mol. The summed E-state index contributed by atoms with van der Waals surface area (Å²) < 4.78 is 0. The number of anilines is 4. The maximum atomic E-state index is 12.2. The van der Waals surface area contributed by atoms with E-state index in [2.05, 4.69) is 51.7 Å². The molecule has 0 unspecified atom stereocenters. The van der Waals surface area contributed by atoms with Crippen molar-refractivity contribution in [3.63, 3.8) is 0 Å². The number of amides is 1. The summed E-state index contributed by atoms with van der Waals surface area (Å²) in [6, 6.07) is 12.7. The monoisotopic (exact) mass is 403 g/mol. The second-order valence-electron chi connectivity index (χ2n) is 8.12. The van der Waals surface area contributed by atoms with Crippen molar-refractivity contribution in [1.82, 2.24) is 0 Å². The predicted octanol–water partition coefficient (Wildman–Crippen LogP) is 4.47. The number of nitrogens with one attached hydrogen (secondary N) is 2. The van der Waals surface area contributed by atoms with Gasteiger partial charge in [0, 0.05) is 49.7 Å². The molecule has 4 rings (SSSR count). The molecular formula is C24H29N5O. The second kappa shape index (κ2) is 8.22. The Balaban J connectivity index is 1.80. The van der Waals surface area contributed by atoms with Crippen LogP contribution in [0.5, 0.6) is 0 Å². The highest BCUT2D eigenvalue weighted by Crippen LogP contribution is 2.45. The van der Waals surface area contributed by atoms with Gasteiger partial charge in [0.1, 0.15) is 0 Å². The van der Waals surface area contributed by atoms with Crippen LogP contribution in [-0.2, 0) is 4.79 Å². The van der Waals surface area contributed by atoms with E-state index in [1.165, 1.54) is 11.3 Å². The Morgan fingerprint density at radius 3 is 2.83 bits per heavy atom. The zero-order valence-electron chi connectivity index (χ0n) is 17.8. The third kappa shape index (κ3) is 3.65. The smallest absolute Gasteiger partial charge is 0.226 e. The summed E-state index contributed by atoms with van der Waals surface area (Å²) >= 11 is 0. The van der Waals surface area contributed by atoms with Gasteiger partial charge in [-0.05, 0) is 54.7 Å². The van der Waals surface area contributed by atoms with Crippen LogP contribution >= 0.6 is 0 Å². The van der Waals surface area contributed by atoms with Crippen LogP contribution in [0.4, 0.5) is 22.7 Å². The SMILES string of the molecule is CN=CC(=CN)c1ccc2c(c1)[C@@H](C)CCN2c1cccc2c1N[C@H](C)CC(=O)N2. The number of hydrogen-bond acceptors (Lipinski definition) is 5. The van der Waals surface area contributed by atoms with Gasteiger partial charge in [0.15, 0.2) is 0 Å². The van der Waals surface area contributed by atoms with E-state index < -0.39 is 0 Å². The Labute approximate surface area is 177 Å². The summed E-state index contributed by atoms with van der Waals surface area (Å²) in [6.07, 6.45) is 4.90. The number of para-hydroxylation sites is 1. The molecule has 4 N–H and O–H groups in total. The topological polar surface area (TPSA) is 82.8 Å². The minimum absolute atomic E-state index is 0.0434. The van der Waals surface area contributed by atoms with Crippen molar-refractivity contribution < 1.29 is 4.79 Å². The number of carbonyl (C=O) groups is 1. The van der Waals surface area contributed by atoms with Gasteiger partial charge in [-0.1, -0.05) is 19.1 Å². The first kappa shape index (κ1) is 20.0. The Morgan fingerprint density at radius 2 is 2.07 bits per heavy atom. The fourth-order valence-corrected chi connectivity index (χ4v) is 4.37. The van der Waals surface area contributed by atoms with Gasteiger partial charge in [0.05, 0.1) is 17.1 Å². The molecule has 0 saturated heterocycles. The quantitative estimate of drug-likeness (QED) is 0.660. The predicted molar refractivity (Wildman–Crippen MR) is 126 cm³/mol. The van der Waals surface area contributed by atoms with Gasteiger partial charge < -0.3 is 21.3 Å². The maximum Gasteiger partial charge on any atom is 0.226 e. The van der Waals surface area contributed by atoms with Crippen molar-refractivity contribution in [2.24, 2.45) is 10.7 Å². The highest BCUT2D eigenvalue weighted by Gasteiger charge is 2.28. The summed E-state index contributed by atoms with van der Waals surface area (Å²) in [5.74, 6) is 0.490. The van der Waals surface area contributed by atoms with E-state index in [9.17, 15) is 4.79 Å². The van der Waals surface area contributed by atoms with Crippen molar-refractivity contribution in [3.05, 3.63) is 53.7 Å². The lowest BCUT2D eigenvalue weighted by Crippen LogP contribution is -2.27. The molecule has 30 heavy (non-hydrogen) atoms. The number of nitrogens with two attached hydrogens (primary N) is 1. The molecule has 2 aromatic rings. The van der Waals surface area contributed by atoms with E-state index in [0.717, 1.165) is 41.2 Å². The van der Waals surface area contributed by atoms with Crippen molar-refractivity contribution in [2.75, 3.05) is 29.1 Å². The van der Waals surface area contributed by atoms with Crippen LogP contribution in [-0.4, -0.2) is 31.8 Å². The summed E-state index contributed by atoms with van der Waals surface area (Å²) in [5, 5.41) is 6.59. The average molecular weight is 404 g/mol. The van der Waals surface area contributed by atoms with Crippen molar-refractivity contribution >= 4 is 40.4 Å². The van der Waals surface area contributed by atoms with Gasteiger partial charge in [-0.2, -0.15) is 0 Å². The molecule has 6 heteroatoms. The Bertz CT molecular complexity index is 1030. The number of hydrogen-bond donors (Lipinski definition) is 3. The van der Waals surface area contributed by atoms with E-state index >= 15 is 0 Å². The van der Waals surface area contributed by atoms with Crippen LogP contribution < -0.4 is 21.3 Å². The Kier molecular flexibility index (Phi) is 5.48. The van der Waals surface area contributed by atoms with E-state index in [0.29, 0.717) is 12.3 Å². The second-order valence-corrected chi connectivity index (χ2v) is 8.12. The highest BCUT2D eigenvalue weighted by atomic mass is 16.1. The van der Waals surface area contributed by atoms with Crippen molar-refractivity contribution in [3.8, 4) is 0 Å². The molecule has 0 spiro atoms. The van der Waals surface area contributed by atoms with E-state index in [-0.39, 0.29) is 11.9 Å². The third-order valence-electron chi connectivity index (χ3n) is 5.91. The van der Waals surface area contributed by atoms with Gasteiger partial charge in [-0.3, -0.25) is 9.79 Å². The van der Waals surface area contributed by atoms with Crippen LogP contribution in [0.15, 0.2) is 47.6 Å². The normalized spacial score (nSPS) is 21.5. The number of nitrogens with zero attached hydrogens (tertiary/aromatic N) is 2. The number of rotatable bonds is 3. The van der Waals surface area contributed by atoms with Gasteiger partial charge in [0.25, 0.3) is 0 Å². The van der Waals surface area contributed by atoms with Crippen molar-refractivity contribution in [2.45, 2.75) is 38.6 Å². The first-order valence-corrected chi connectivity index (χ1v) is 10.5. The maximum absolute atomic E-state index is 12.2. The summed E-state index contributed by atoms with van der Waals surface area (Å²) in [4.78, 5) is 18.7. The average Bonchev–Trinajstić information content (AvgIpc) is 2.88. The molecule has 0 saturated carbocycles. The minimum Gasteiger partial charge on any atom is -0.404 e. The molecule has 0 radical (unpaired) electrons. The van der Waals surface area contributed by atoms with Gasteiger partial charge in [-0.25, -0.2) is 0 Å². The fourth-order valence-electron chi connectivity index (χ4n) is 4.37. The molecule has 0 fully saturated rings. The number of carbonyl (C=O) groups excluding carboxylic acids is 1. The van der Waals surface area contributed by atoms with Gasteiger partial charge in [0.2, 0.25) is 5.91 Å². The molecule has 0 aliphatic carbocycles. The van der Waals surface area contributed by atoms with Crippen molar-refractivity contribution in [1.29, 1.82) is 0 Å². The first-order chi connectivity index (χ1) is 14.5.